The number of nitrogens with one attached hydrogen (secondary N) is 3. The van der Waals surface area contributed by atoms with Crippen LogP contribution in [-0.2, 0) is 47.6 Å². The van der Waals surface area contributed by atoms with Crippen LogP contribution in [0.2, 0.25) is 0 Å². The van der Waals surface area contributed by atoms with E-state index in [1.54, 1.807) is 24.5 Å². The minimum Gasteiger partial charge on any atom is -0.481 e. The Balaban J connectivity index is 0.000000247. The first-order valence-electron chi connectivity index (χ1n) is 21.5. The Morgan fingerprint density at radius 2 is 1.25 bits per heavy atom. The molecule has 4 atom stereocenters. The number of amides is 4. The SMILES string of the molecule is CC(=O)N1CCCC1OC(=O)NCCOCCC(C(=O)O)c1c[nH]c2ccccc12.COC(=O)C(CCOCCNC(=O)OC1CCCN1C(C)=O)c1cn(C(=O)OC)c2ccccc12. The van der Waals surface area contributed by atoms with Crippen LogP contribution in [0.15, 0.2) is 60.9 Å². The van der Waals surface area contributed by atoms with E-state index in [9.17, 15) is 38.7 Å². The molecule has 0 aliphatic carbocycles. The van der Waals surface area contributed by atoms with Gasteiger partial charge >= 0.3 is 30.2 Å². The van der Waals surface area contributed by atoms with E-state index in [-0.39, 0.29) is 51.3 Å². The Bertz CT molecular complexity index is 2270. The molecule has 2 aromatic carbocycles. The molecule has 4 heterocycles. The smallest absolute Gasteiger partial charge is 0.418 e. The number of carbonyl (C=O) groups is 7. The second-order valence-electron chi connectivity index (χ2n) is 15.3. The highest BCUT2D eigenvalue weighted by Crippen LogP contribution is 2.32. The summed E-state index contributed by atoms with van der Waals surface area (Å²) in [6.45, 7) is 5.41. The van der Waals surface area contributed by atoms with Crippen molar-refractivity contribution in [1.82, 2.24) is 30.0 Å². The zero-order chi connectivity index (χ0) is 46.9. The van der Waals surface area contributed by atoms with E-state index in [0.717, 1.165) is 34.7 Å². The lowest BCUT2D eigenvalue weighted by atomic mass is 9.95. The monoisotopic (exact) mass is 906 g/mol. The number of para-hydroxylation sites is 2. The van der Waals surface area contributed by atoms with Crippen LogP contribution in [0.4, 0.5) is 14.4 Å². The number of hydrogen-bond donors (Lipinski definition) is 4. The number of carbonyl (C=O) groups excluding carboxylic acids is 6. The largest absolute Gasteiger partial charge is 0.481 e. The molecule has 2 fully saturated rings. The number of aliphatic carboxylic acids is 1. The van der Waals surface area contributed by atoms with Gasteiger partial charge in [0.25, 0.3) is 0 Å². The molecule has 65 heavy (non-hydrogen) atoms. The Morgan fingerprint density at radius 3 is 1.78 bits per heavy atom. The first-order valence-corrected chi connectivity index (χ1v) is 21.5. The Hall–Kier alpha value is -6.67. The summed E-state index contributed by atoms with van der Waals surface area (Å²) < 4.78 is 32.9. The first kappa shape index (κ1) is 49.3. The number of fused-ring (bicyclic) bond motifs is 2. The van der Waals surface area contributed by atoms with Gasteiger partial charge in [-0.05, 0) is 48.9 Å². The standard InChI is InChI=1S/C24H31N3O8.C21H27N3O6/c1-16(28)26-12-6-9-21(26)35-23(30)25-11-14-34-13-10-18(22(29)32-2)19-15-27(24(31)33-3)20-8-5-4-7-17(19)20;1-14(25)24-10-4-7-19(24)30-21(28)22-9-12-29-11-8-16(20(26)27)17-13-23-18-6-3-2-5-15(17)18/h4-5,7-8,15,18,21H,6,9-14H2,1-3H3,(H,25,30);2-3,5-6,13,16,19,23H,4,7-12H2,1H3,(H,22,28)(H,26,27). The molecule has 2 aliphatic heterocycles. The molecular formula is C45H58N6O14. The van der Waals surface area contributed by atoms with Gasteiger partial charge < -0.3 is 58.9 Å². The highest BCUT2D eigenvalue weighted by Gasteiger charge is 2.31. The van der Waals surface area contributed by atoms with E-state index in [1.165, 1.54) is 42.4 Å². The third-order valence-electron chi connectivity index (χ3n) is 11.1. The molecule has 352 valence electrons. The molecule has 20 heteroatoms. The third kappa shape index (κ3) is 13.4. The zero-order valence-electron chi connectivity index (χ0n) is 37.1. The van der Waals surface area contributed by atoms with Crippen molar-refractivity contribution in [3.8, 4) is 0 Å². The summed E-state index contributed by atoms with van der Waals surface area (Å²) >= 11 is 0. The van der Waals surface area contributed by atoms with Crippen molar-refractivity contribution in [1.29, 1.82) is 0 Å². The molecule has 2 aromatic heterocycles. The maximum atomic E-state index is 12.5. The zero-order valence-corrected chi connectivity index (χ0v) is 37.1. The van der Waals surface area contributed by atoms with Crippen molar-refractivity contribution in [3.63, 3.8) is 0 Å². The number of methoxy groups -OCH3 is 2. The van der Waals surface area contributed by atoms with Gasteiger partial charge in [-0.3, -0.25) is 23.7 Å². The second kappa shape index (κ2) is 24.4. The summed E-state index contributed by atoms with van der Waals surface area (Å²) in [4.78, 5) is 89.5. The summed E-state index contributed by atoms with van der Waals surface area (Å²) in [6.07, 6.45) is 3.96. The van der Waals surface area contributed by atoms with Crippen molar-refractivity contribution < 1.29 is 67.1 Å². The van der Waals surface area contributed by atoms with Crippen molar-refractivity contribution in [3.05, 3.63) is 72.1 Å². The number of rotatable bonds is 18. The van der Waals surface area contributed by atoms with Gasteiger partial charge in [-0.25, -0.2) is 14.4 Å². The van der Waals surface area contributed by atoms with E-state index >= 15 is 0 Å². The van der Waals surface area contributed by atoms with Crippen molar-refractivity contribution >= 4 is 63.8 Å². The van der Waals surface area contributed by atoms with Crippen LogP contribution in [0.5, 0.6) is 0 Å². The average Bonchev–Trinajstić information content (AvgIpc) is 4.12. The molecule has 20 nitrogen and oxygen atoms in total. The summed E-state index contributed by atoms with van der Waals surface area (Å²) in [7, 11) is 2.60. The molecule has 6 rings (SSSR count). The number of ether oxygens (including phenoxy) is 6. The molecule has 4 N–H and O–H groups in total. The molecular weight excluding hydrogens is 849 g/mol. The number of H-pyrrole nitrogens is 1. The number of aromatic nitrogens is 2. The number of likely N-dealkylation sites (tertiary alicyclic amines) is 2. The van der Waals surface area contributed by atoms with Crippen LogP contribution >= 0.6 is 0 Å². The minimum atomic E-state index is -0.906. The van der Waals surface area contributed by atoms with Crippen LogP contribution in [0.1, 0.15) is 75.3 Å². The van der Waals surface area contributed by atoms with Gasteiger partial charge in [-0.1, -0.05) is 36.4 Å². The summed E-state index contributed by atoms with van der Waals surface area (Å²) in [6, 6.07) is 14.8. The minimum absolute atomic E-state index is 0.114. The number of carboxylic acids is 1. The van der Waals surface area contributed by atoms with Crippen LogP contribution in [-0.4, -0.2) is 146 Å². The van der Waals surface area contributed by atoms with Gasteiger partial charge in [-0.15, -0.1) is 0 Å². The highest BCUT2D eigenvalue weighted by molar-refractivity contribution is 5.95. The summed E-state index contributed by atoms with van der Waals surface area (Å²) in [5, 5.41) is 16.4. The highest BCUT2D eigenvalue weighted by atomic mass is 16.6. The normalized spacial score (nSPS) is 16.6. The Morgan fingerprint density at radius 1 is 0.708 bits per heavy atom. The molecule has 0 radical (unpaired) electrons. The quantitative estimate of drug-likeness (QED) is 0.0580. The topological polar surface area (TPSA) is 246 Å². The van der Waals surface area contributed by atoms with Crippen molar-refractivity contribution in [2.24, 2.45) is 0 Å². The first-order chi connectivity index (χ1) is 31.3. The van der Waals surface area contributed by atoms with Crippen molar-refractivity contribution in [2.45, 2.75) is 76.7 Å². The number of alkyl carbamates (subject to hydrolysis) is 2. The van der Waals surface area contributed by atoms with Gasteiger partial charge in [-0.2, -0.15) is 0 Å². The Labute approximate surface area is 375 Å². The number of hydrogen-bond acceptors (Lipinski definition) is 13. The molecule has 0 spiro atoms. The van der Waals surface area contributed by atoms with Gasteiger partial charge in [0.05, 0.1) is 44.8 Å². The van der Waals surface area contributed by atoms with Crippen LogP contribution in [0.3, 0.4) is 0 Å². The molecule has 4 amide bonds. The molecule has 4 aromatic rings. The number of nitrogens with zero attached hydrogens (tertiary/aromatic N) is 3. The van der Waals surface area contributed by atoms with E-state index in [0.29, 0.717) is 49.9 Å². The maximum absolute atomic E-state index is 12.5. The van der Waals surface area contributed by atoms with E-state index in [1.807, 2.05) is 36.4 Å². The van der Waals surface area contributed by atoms with Crippen LogP contribution < -0.4 is 10.6 Å². The number of esters is 1. The van der Waals surface area contributed by atoms with Crippen molar-refractivity contribution in [2.75, 3.05) is 66.8 Å². The lowest BCUT2D eigenvalue weighted by Crippen LogP contribution is -2.40. The van der Waals surface area contributed by atoms with Gasteiger partial charge in [0.2, 0.25) is 11.8 Å². The fourth-order valence-electron chi connectivity index (χ4n) is 7.90. The van der Waals surface area contributed by atoms with Gasteiger partial charge in [0.15, 0.2) is 12.5 Å². The average molecular weight is 907 g/mol. The summed E-state index contributed by atoms with van der Waals surface area (Å²) in [5.74, 6) is -2.94. The lowest BCUT2D eigenvalue weighted by molar-refractivity contribution is -0.143. The van der Waals surface area contributed by atoms with Gasteiger partial charge in [0.1, 0.15) is 0 Å². The molecule has 4 unspecified atom stereocenters. The predicted molar refractivity (Wildman–Crippen MR) is 234 cm³/mol. The van der Waals surface area contributed by atoms with E-state index < -0.39 is 54.5 Å². The molecule has 2 aliphatic rings. The lowest BCUT2D eigenvalue weighted by Gasteiger charge is -2.23. The summed E-state index contributed by atoms with van der Waals surface area (Å²) in [5.41, 5.74) is 2.88. The predicted octanol–water partition coefficient (Wildman–Crippen LogP) is 5.05. The van der Waals surface area contributed by atoms with E-state index in [4.69, 9.17) is 28.4 Å². The molecule has 0 bridgehead atoms. The number of aromatic amines is 1. The van der Waals surface area contributed by atoms with E-state index in [2.05, 4.69) is 15.6 Å². The molecule has 2 saturated heterocycles. The number of carboxylic acid groups (broad SMARTS) is 1. The van der Waals surface area contributed by atoms with Gasteiger partial charge in [0, 0.05) is 94.8 Å². The van der Waals surface area contributed by atoms with Crippen LogP contribution in [0, 0.1) is 0 Å². The third-order valence-corrected chi connectivity index (χ3v) is 11.1. The Kier molecular flexibility index (Phi) is 18.5. The maximum Gasteiger partial charge on any atom is 0.418 e. The number of benzene rings is 2. The fraction of sp³-hybridized carbons (Fsp3) is 0.489. The fourth-order valence-corrected chi connectivity index (χ4v) is 7.90. The molecule has 0 saturated carbocycles. The second-order valence-corrected chi connectivity index (χ2v) is 15.3. The van der Waals surface area contributed by atoms with Crippen LogP contribution in [0.25, 0.3) is 21.8 Å².